The zero-order chi connectivity index (χ0) is 27.6. The number of hydrogen-bond acceptors (Lipinski definition) is 4. The number of fused-ring (bicyclic) bond motifs is 3. The number of piperidine rings is 1. The Labute approximate surface area is 236 Å². The number of anilines is 1. The zero-order valence-electron chi connectivity index (χ0n) is 22.6. The van der Waals surface area contributed by atoms with E-state index in [1.165, 1.54) is 21.9 Å². The number of aromatic amines is 2. The van der Waals surface area contributed by atoms with Crippen LogP contribution in [0.2, 0.25) is 0 Å². The molecule has 2 N–H and O–H groups in total. The van der Waals surface area contributed by atoms with E-state index in [0.717, 1.165) is 23.9 Å². The highest BCUT2D eigenvalue weighted by Gasteiger charge is 2.45. The monoisotopic (exact) mass is 546 g/mol. The summed E-state index contributed by atoms with van der Waals surface area (Å²) in [6, 6.07) is 22.4. The fraction of sp³-hybridized carbons (Fsp3) is 0.273. The molecule has 5 aromatic rings. The van der Waals surface area contributed by atoms with Crippen LogP contribution >= 0.6 is 0 Å². The number of para-hydroxylation sites is 3. The number of ether oxygens (including phenoxy) is 2. The molecule has 0 radical (unpaired) electrons. The summed E-state index contributed by atoms with van der Waals surface area (Å²) in [7, 11) is 0. The molecule has 2 aromatic heterocycles. The number of carbonyl (C=O) groups is 2. The van der Waals surface area contributed by atoms with Gasteiger partial charge >= 0.3 is 0 Å². The number of benzene rings is 3. The fourth-order valence-electron chi connectivity index (χ4n) is 7.22. The highest BCUT2D eigenvalue weighted by molar-refractivity contribution is 6.02. The van der Waals surface area contributed by atoms with Crippen molar-refractivity contribution in [2.24, 2.45) is 5.92 Å². The van der Waals surface area contributed by atoms with Crippen molar-refractivity contribution < 1.29 is 19.1 Å². The molecule has 0 unspecified atom stereocenters. The largest absolute Gasteiger partial charge is 0.454 e. The summed E-state index contributed by atoms with van der Waals surface area (Å²) in [5.41, 5.74) is 5.20. The van der Waals surface area contributed by atoms with Crippen LogP contribution in [-0.4, -0.2) is 53.1 Å². The third-order valence-electron chi connectivity index (χ3n) is 9.28. The van der Waals surface area contributed by atoms with Crippen molar-refractivity contribution >= 4 is 39.3 Å². The number of H-pyrrole nitrogens is 2. The zero-order valence-corrected chi connectivity index (χ0v) is 22.6. The molecule has 3 aliphatic heterocycles. The number of likely N-dealkylation sites (tertiary alicyclic amines) is 1. The molecule has 3 aliphatic rings. The minimum Gasteiger partial charge on any atom is -0.454 e. The Kier molecular flexibility index (Phi) is 5.39. The molecule has 5 heterocycles. The molecule has 0 spiro atoms. The van der Waals surface area contributed by atoms with Crippen LogP contribution in [0.4, 0.5) is 5.69 Å². The number of aromatic nitrogens is 2. The molecule has 3 aromatic carbocycles. The highest BCUT2D eigenvalue weighted by atomic mass is 16.7. The van der Waals surface area contributed by atoms with Gasteiger partial charge in [0.25, 0.3) is 0 Å². The maximum absolute atomic E-state index is 13.8. The molecule has 0 bridgehead atoms. The van der Waals surface area contributed by atoms with Gasteiger partial charge in [-0.3, -0.25) is 9.59 Å². The summed E-state index contributed by atoms with van der Waals surface area (Å²) in [5.74, 6) is 0.823. The lowest BCUT2D eigenvalue weighted by molar-refractivity contribution is -0.137. The van der Waals surface area contributed by atoms with Gasteiger partial charge in [0, 0.05) is 65.7 Å². The number of amides is 2. The Bertz CT molecular complexity index is 1740. The van der Waals surface area contributed by atoms with Gasteiger partial charge in [0.2, 0.25) is 18.6 Å². The summed E-state index contributed by atoms with van der Waals surface area (Å²) >= 11 is 0. The number of carbonyl (C=O) groups excluding carboxylic acids is 2. The van der Waals surface area contributed by atoms with Crippen LogP contribution in [0.1, 0.15) is 30.4 Å². The second-order valence-electron chi connectivity index (χ2n) is 11.3. The van der Waals surface area contributed by atoms with E-state index in [2.05, 4.69) is 70.9 Å². The molecule has 0 saturated carbocycles. The highest BCUT2D eigenvalue weighted by Crippen LogP contribution is 2.48. The van der Waals surface area contributed by atoms with E-state index in [0.29, 0.717) is 36.8 Å². The van der Waals surface area contributed by atoms with E-state index in [9.17, 15) is 9.59 Å². The Morgan fingerprint density at radius 3 is 2.17 bits per heavy atom. The summed E-state index contributed by atoms with van der Waals surface area (Å²) in [4.78, 5) is 37.6. The van der Waals surface area contributed by atoms with Crippen molar-refractivity contribution in [3.63, 3.8) is 0 Å². The minimum atomic E-state index is -0.380. The number of nitrogens with zero attached hydrogens (tertiary/aromatic N) is 2. The lowest BCUT2D eigenvalue weighted by Crippen LogP contribution is -2.47. The number of nitrogens with one attached hydrogen (secondary N) is 2. The SMILES string of the molecule is O=C([C@@H]1CC(=O)N(c2cccc3c2OCO3)C1)N1CCC(c2c[nH]c3ccccc23)(c2c[nH]c3ccccc23)CC1. The molecule has 8 rings (SSSR count). The first kappa shape index (κ1) is 24.1. The lowest BCUT2D eigenvalue weighted by atomic mass is 9.67. The summed E-state index contributed by atoms with van der Waals surface area (Å²) in [6.07, 6.45) is 6.10. The first-order chi connectivity index (χ1) is 20.1. The van der Waals surface area contributed by atoms with Gasteiger partial charge in [-0.05, 0) is 48.2 Å². The standard InChI is InChI=1S/C33H30N4O4/c38-30-16-21(19-37(30)28-10-5-11-29-31(28)41-20-40-29)32(39)36-14-12-33(13-15-36,24-17-34-26-8-3-1-6-22(24)26)25-18-35-27-9-4-2-7-23(25)27/h1-11,17-18,21,34-35H,12-16,19-20H2/t21-/m1/s1. The van der Waals surface area contributed by atoms with Crippen molar-refractivity contribution in [1.29, 1.82) is 0 Å². The van der Waals surface area contributed by atoms with Crippen LogP contribution in [0.5, 0.6) is 11.5 Å². The van der Waals surface area contributed by atoms with Gasteiger partial charge in [-0.2, -0.15) is 0 Å². The third kappa shape index (κ3) is 3.66. The summed E-state index contributed by atoms with van der Waals surface area (Å²) in [6.45, 7) is 1.74. The van der Waals surface area contributed by atoms with E-state index in [4.69, 9.17) is 9.47 Å². The van der Waals surface area contributed by atoms with Crippen molar-refractivity contribution in [3.05, 3.63) is 90.3 Å². The molecule has 1 atom stereocenters. The van der Waals surface area contributed by atoms with Gasteiger partial charge in [-0.25, -0.2) is 0 Å². The first-order valence-electron chi connectivity index (χ1n) is 14.2. The van der Waals surface area contributed by atoms with Gasteiger partial charge in [0.1, 0.15) is 0 Å². The Morgan fingerprint density at radius 1 is 0.829 bits per heavy atom. The maximum Gasteiger partial charge on any atom is 0.231 e. The molecule has 2 saturated heterocycles. The lowest BCUT2D eigenvalue weighted by Gasteiger charge is -2.43. The number of rotatable bonds is 4. The molecule has 41 heavy (non-hydrogen) atoms. The predicted octanol–water partition coefficient (Wildman–Crippen LogP) is 5.34. The molecule has 206 valence electrons. The van der Waals surface area contributed by atoms with E-state index in [1.54, 1.807) is 4.90 Å². The predicted molar refractivity (Wildman–Crippen MR) is 156 cm³/mol. The van der Waals surface area contributed by atoms with Crippen molar-refractivity contribution in [2.75, 3.05) is 31.3 Å². The van der Waals surface area contributed by atoms with E-state index in [1.807, 2.05) is 23.1 Å². The normalized spacial score (nSPS) is 19.9. The van der Waals surface area contributed by atoms with E-state index in [-0.39, 0.29) is 36.4 Å². The van der Waals surface area contributed by atoms with Gasteiger partial charge in [-0.15, -0.1) is 0 Å². The van der Waals surface area contributed by atoms with Crippen LogP contribution in [0, 0.1) is 5.92 Å². The first-order valence-corrected chi connectivity index (χ1v) is 14.2. The average Bonchev–Trinajstić information content (AvgIpc) is 3.82. The van der Waals surface area contributed by atoms with Gasteiger partial charge in [-0.1, -0.05) is 42.5 Å². The van der Waals surface area contributed by atoms with E-state index >= 15 is 0 Å². The molecular formula is C33H30N4O4. The molecule has 2 amide bonds. The topological polar surface area (TPSA) is 90.7 Å². The Balaban J connectivity index is 1.08. The van der Waals surface area contributed by atoms with Gasteiger partial charge in [0.15, 0.2) is 11.5 Å². The van der Waals surface area contributed by atoms with Crippen LogP contribution in [0.3, 0.4) is 0 Å². The summed E-state index contributed by atoms with van der Waals surface area (Å²) in [5, 5.41) is 2.44. The molecule has 8 heteroatoms. The van der Waals surface area contributed by atoms with Crippen LogP contribution in [0.15, 0.2) is 79.1 Å². The fourth-order valence-corrected chi connectivity index (χ4v) is 7.22. The Morgan fingerprint density at radius 2 is 1.49 bits per heavy atom. The smallest absolute Gasteiger partial charge is 0.231 e. The molecule has 2 fully saturated rings. The van der Waals surface area contributed by atoms with Gasteiger partial charge < -0.3 is 29.2 Å². The molecular weight excluding hydrogens is 516 g/mol. The maximum atomic E-state index is 13.8. The van der Waals surface area contributed by atoms with Crippen LogP contribution in [-0.2, 0) is 15.0 Å². The second-order valence-corrected chi connectivity index (χ2v) is 11.3. The Hall–Kier alpha value is -4.72. The van der Waals surface area contributed by atoms with E-state index < -0.39 is 0 Å². The minimum absolute atomic E-state index is 0.0528. The quantitative estimate of drug-likeness (QED) is 0.319. The average molecular weight is 547 g/mol. The second kappa shape index (κ2) is 9.16. The molecule has 0 aliphatic carbocycles. The summed E-state index contributed by atoms with van der Waals surface area (Å²) < 4.78 is 11.1. The van der Waals surface area contributed by atoms with Crippen molar-refractivity contribution in [3.8, 4) is 11.5 Å². The van der Waals surface area contributed by atoms with Crippen LogP contribution in [0.25, 0.3) is 21.8 Å². The van der Waals surface area contributed by atoms with Crippen molar-refractivity contribution in [1.82, 2.24) is 14.9 Å². The van der Waals surface area contributed by atoms with Crippen LogP contribution < -0.4 is 14.4 Å². The third-order valence-corrected chi connectivity index (χ3v) is 9.28. The molecule has 8 nitrogen and oxygen atoms in total. The van der Waals surface area contributed by atoms with Gasteiger partial charge in [0.05, 0.1) is 11.6 Å². The number of hydrogen-bond donors (Lipinski definition) is 2. The van der Waals surface area contributed by atoms with Crippen molar-refractivity contribution in [2.45, 2.75) is 24.7 Å².